The normalized spacial score (nSPS) is 25.7. The van der Waals surface area contributed by atoms with Crippen molar-refractivity contribution >= 4 is 17.5 Å². The van der Waals surface area contributed by atoms with Crippen LogP contribution in [0.2, 0.25) is 0 Å². The minimum absolute atomic E-state index is 0.391. The van der Waals surface area contributed by atoms with Crippen molar-refractivity contribution in [3.63, 3.8) is 0 Å². The second kappa shape index (κ2) is 4.88. The Hall–Kier alpha value is -0.700. The smallest absolute Gasteiger partial charge is 0.202 e. The number of imidazole rings is 1. The standard InChI is InChI=1S/C11H18ClN3/c1-2-15-6-5-13-11(15)14-8-9-3-4-10(12)7-9/h5-6,9-10H,2-4,7-8H2,1H3,(H,13,14). The lowest BCUT2D eigenvalue weighted by Gasteiger charge is -2.12. The molecule has 2 unspecified atom stereocenters. The zero-order valence-electron chi connectivity index (χ0n) is 9.12. The molecule has 1 aromatic heterocycles. The molecule has 84 valence electrons. The first kappa shape index (κ1) is 10.8. The Morgan fingerprint density at radius 2 is 2.47 bits per heavy atom. The fraction of sp³-hybridized carbons (Fsp3) is 0.727. The Balaban J connectivity index is 1.83. The summed E-state index contributed by atoms with van der Waals surface area (Å²) < 4.78 is 2.12. The highest BCUT2D eigenvalue weighted by Gasteiger charge is 2.22. The predicted octanol–water partition coefficient (Wildman–Crippen LogP) is 2.72. The van der Waals surface area contributed by atoms with Crippen molar-refractivity contribution in [2.24, 2.45) is 5.92 Å². The summed E-state index contributed by atoms with van der Waals surface area (Å²) >= 11 is 6.08. The van der Waals surface area contributed by atoms with Gasteiger partial charge < -0.3 is 9.88 Å². The van der Waals surface area contributed by atoms with E-state index in [4.69, 9.17) is 11.6 Å². The van der Waals surface area contributed by atoms with E-state index in [1.165, 1.54) is 6.42 Å². The highest BCUT2D eigenvalue weighted by atomic mass is 35.5. The summed E-state index contributed by atoms with van der Waals surface area (Å²) in [5.41, 5.74) is 0. The summed E-state index contributed by atoms with van der Waals surface area (Å²) in [6.07, 6.45) is 7.39. The van der Waals surface area contributed by atoms with Crippen molar-refractivity contribution < 1.29 is 0 Å². The van der Waals surface area contributed by atoms with Crippen LogP contribution in [0.15, 0.2) is 12.4 Å². The summed E-state index contributed by atoms with van der Waals surface area (Å²) in [6, 6.07) is 0. The summed E-state index contributed by atoms with van der Waals surface area (Å²) in [4.78, 5) is 4.29. The molecule has 1 fully saturated rings. The van der Waals surface area contributed by atoms with Crippen LogP contribution in [-0.4, -0.2) is 21.5 Å². The Bertz CT molecular complexity index is 311. The largest absolute Gasteiger partial charge is 0.355 e. The van der Waals surface area contributed by atoms with Gasteiger partial charge in [-0.3, -0.25) is 0 Å². The third-order valence-corrected chi connectivity index (χ3v) is 3.48. The number of aryl methyl sites for hydroxylation is 1. The van der Waals surface area contributed by atoms with E-state index in [2.05, 4.69) is 21.8 Å². The molecule has 4 heteroatoms. The first-order chi connectivity index (χ1) is 7.29. The molecule has 1 heterocycles. The Kier molecular flexibility index (Phi) is 3.52. The number of hydrogen-bond donors (Lipinski definition) is 1. The van der Waals surface area contributed by atoms with Crippen molar-refractivity contribution in [1.29, 1.82) is 0 Å². The molecular weight excluding hydrogens is 210 g/mol. The van der Waals surface area contributed by atoms with Crippen LogP contribution in [0.25, 0.3) is 0 Å². The maximum Gasteiger partial charge on any atom is 0.202 e. The van der Waals surface area contributed by atoms with E-state index in [-0.39, 0.29) is 0 Å². The topological polar surface area (TPSA) is 29.9 Å². The lowest BCUT2D eigenvalue weighted by molar-refractivity contribution is 0.575. The van der Waals surface area contributed by atoms with Gasteiger partial charge in [-0.15, -0.1) is 11.6 Å². The molecule has 1 aromatic rings. The summed E-state index contributed by atoms with van der Waals surface area (Å²) in [5, 5.41) is 3.79. The van der Waals surface area contributed by atoms with Crippen molar-refractivity contribution in [3.8, 4) is 0 Å². The summed E-state index contributed by atoms with van der Waals surface area (Å²) in [6.45, 7) is 4.09. The predicted molar refractivity (Wildman–Crippen MR) is 63.4 cm³/mol. The number of anilines is 1. The monoisotopic (exact) mass is 227 g/mol. The zero-order valence-corrected chi connectivity index (χ0v) is 9.87. The Labute approximate surface area is 95.8 Å². The van der Waals surface area contributed by atoms with E-state index in [1.807, 2.05) is 12.4 Å². The first-order valence-electron chi connectivity index (χ1n) is 5.68. The molecule has 15 heavy (non-hydrogen) atoms. The van der Waals surface area contributed by atoms with Crippen molar-refractivity contribution in [2.75, 3.05) is 11.9 Å². The van der Waals surface area contributed by atoms with E-state index in [1.54, 1.807) is 0 Å². The third kappa shape index (κ3) is 2.65. The molecule has 1 aliphatic carbocycles. The first-order valence-corrected chi connectivity index (χ1v) is 6.12. The summed E-state index contributed by atoms with van der Waals surface area (Å²) in [7, 11) is 0. The molecule has 1 N–H and O–H groups in total. The molecule has 0 aliphatic heterocycles. The van der Waals surface area contributed by atoms with Gasteiger partial charge in [0.15, 0.2) is 0 Å². The van der Waals surface area contributed by atoms with Crippen LogP contribution in [0.5, 0.6) is 0 Å². The Morgan fingerprint density at radius 3 is 3.13 bits per heavy atom. The molecule has 0 aromatic carbocycles. The quantitative estimate of drug-likeness (QED) is 0.802. The maximum absolute atomic E-state index is 6.08. The van der Waals surface area contributed by atoms with Gasteiger partial charge in [-0.2, -0.15) is 0 Å². The fourth-order valence-corrected chi connectivity index (χ4v) is 2.54. The molecule has 1 aliphatic rings. The van der Waals surface area contributed by atoms with Gasteiger partial charge in [-0.1, -0.05) is 0 Å². The molecule has 2 rings (SSSR count). The highest BCUT2D eigenvalue weighted by Crippen LogP contribution is 2.29. The second-order valence-corrected chi connectivity index (χ2v) is 4.81. The van der Waals surface area contributed by atoms with E-state index in [0.29, 0.717) is 5.38 Å². The maximum atomic E-state index is 6.08. The second-order valence-electron chi connectivity index (χ2n) is 4.19. The lowest BCUT2D eigenvalue weighted by atomic mass is 10.1. The van der Waals surface area contributed by atoms with Gasteiger partial charge in [0.2, 0.25) is 5.95 Å². The molecule has 0 amide bonds. The van der Waals surface area contributed by atoms with Gasteiger partial charge in [0.1, 0.15) is 0 Å². The molecule has 3 nitrogen and oxygen atoms in total. The number of rotatable bonds is 4. The molecule has 2 atom stereocenters. The number of nitrogens with zero attached hydrogens (tertiary/aromatic N) is 2. The molecule has 0 radical (unpaired) electrons. The molecule has 0 bridgehead atoms. The van der Waals surface area contributed by atoms with Gasteiger partial charge in [0.05, 0.1) is 0 Å². The molecule has 0 saturated heterocycles. The van der Waals surface area contributed by atoms with Crippen LogP contribution in [-0.2, 0) is 6.54 Å². The number of halogens is 1. The SMILES string of the molecule is CCn1ccnc1NCC1CCC(Cl)C1. The third-order valence-electron chi connectivity index (χ3n) is 3.08. The Morgan fingerprint density at radius 1 is 1.60 bits per heavy atom. The van der Waals surface area contributed by atoms with E-state index < -0.39 is 0 Å². The van der Waals surface area contributed by atoms with Gasteiger partial charge in [-0.05, 0) is 32.1 Å². The van der Waals surface area contributed by atoms with Gasteiger partial charge in [-0.25, -0.2) is 4.98 Å². The average Bonchev–Trinajstić information content (AvgIpc) is 2.83. The van der Waals surface area contributed by atoms with E-state index >= 15 is 0 Å². The van der Waals surface area contributed by atoms with Crippen LogP contribution in [0, 0.1) is 5.92 Å². The number of hydrogen-bond acceptors (Lipinski definition) is 2. The summed E-state index contributed by atoms with van der Waals surface area (Å²) in [5.74, 6) is 1.70. The number of nitrogens with one attached hydrogen (secondary N) is 1. The van der Waals surface area contributed by atoms with Crippen LogP contribution in [0.4, 0.5) is 5.95 Å². The van der Waals surface area contributed by atoms with Gasteiger partial charge in [0, 0.05) is 30.9 Å². The number of aromatic nitrogens is 2. The molecular formula is C11H18ClN3. The van der Waals surface area contributed by atoms with E-state index in [0.717, 1.165) is 37.8 Å². The van der Waals surface area contributed by atoms with Crippen LogP contribution in [0.1, 0.15) is 26.2 Å². The number of alkyl halides is 1. The zero-order chi connectivity index (χ0) is 10.7. The molecule has 1 saturated carbocycles. The lowest BCUT2D eigenvalue weighted by Crippen LogP contribution is -2.14. The van der Waals surface area contributed by atoms with Crippen LogP contribution in [0.3, 0.4) is 0 Å². The van der Waals surface area contributed by atoms with Crippen LogP contribution < -0.4 is 5.32 Å². The van der Waals surface area contributed by atoms with Gasteiger partial charge in [0.25, 0.3) is 0 Å². The molecule has 0 spiro atoms. The van der Waals surface area contributed by atoms with Crippen molar-refractivity contribution in [1.82, 2.24) is 9.55 Å². The minimum Gasteiger partial charge on any atom is -0.355 e. The van der Waals surface area contributed by atoms with Crippen LogP contribution >= 0.6 is 11.6 Å². The average molecular weight is 228 g/mol. The van der Waals surface area contributed by atoms with Crippen molar-refractivity contribution in [2.45, 2.75) is 38.1 Å². The minimum atomic E-state index is 0.391. The van der Waals surface area contributed by atoms with Crippen molar-refractivity contribution in [3.05, 3.63) is 12.4 Å². The van der Waals surface area contributed by atoms with E-state index in [9.17, 15) is 0 Å². The highest BCUT2D eigenvalue weighted by molar-refractivity contribution is 6.20. The fourth-order valence-electron chi connectivity index (χ4n) is 2.17. The van der Waals surface area contributed by atoms with Gasteiger partial charge >= 0.3 is 0 Å².